The molecule has 1 aromatic carbocycles. The van der Waals surface area contributed by atoms with Crippen LogP contribution in [0.1, 0.15) is 20.8 Å². The molecule has 0 aliphatic heterocycles. The monoisotopic (exact) mass is 305 g/mol. The van der Waals surface area contributed by atoms with Crippen molar-refractivity contribution in [1.82, 2.24) is 0 Å². The summed E-state index contributed by atoms with van der Waals surface area (Å²) in [6.07, 6.45) is 0. The smallest absolute Gasteiger partial charge is 0.346 e. The molecule has 2 rings (SSSR count). The molecular weight excluding hydrogens is 290 g/mol. The summed E-state index contributed by atoms with van der Waals surface area (Å²) in [5.41, 5.74) is 2.96. The third kappa shape index (κ3) is 4.06. The second kappa shape index (κ2) is 6.41. The van der Waals surface area contributed by atoms with Crippen molar-refractivity contribution >= 4 is 28.9 Å². The van der Waals surface area contributed by atoms with E-state index in [1.54, 1.807) is 5.38 Å². The summed E-state index contributed by atoms with van der Waals surface area (Å²) in [6.45, 7) is 3.81. The molecule has 2 N–H and O–H groups in total. The van der Waals surface area contributed by atoms with Crippen molar-refractivity contribution in [1.29, 1.82) is 0 Å². The van der Waals surface area contributed by atoms with Gasteiger partial charge in [-0.1, -0.05) is 6.07 Å². The lowest BCUT2D eigenvalue weighted by atomic mass is 10.1. The minimum Gasteiger partial charge on any atom is -0.483 e. The number of benzene rings is 1. The molecule has 1 amide bonds. The fourth-order valence-electron chi connectivity index (χ4n) is 1.67. The molecule has 1 heterocycles. The molecule has 110 valence electrons. The van der Waals surface area contributed by atoms with E-state index in [4.69, 9.17) is 9.84 Å². The van der Waals surface area contributed by atoms with Crippen LogP contribution < -0.4 is 10.1 Å². The summed E-state index contributed by atoms with van der Waals surface area (Å²) in [5, 5.41) is 13.1. The Labute approximate surface area is 126 Å². The lowest BCUT2D eigenvalue weighted by Gasteiger charge is -2.08. The topological polar surface area (TPSA) is 75.6 Å². The van der Waals surface area contributed by atoms with Crippen molar-refractivity contribution < 1.29 is 19.4 Å². The Morgan fingerprint density at radius 1 is 1.24 bits per heavy atom. The molecule has 1 aromatic heterocycles. The molecule has 0 radical (unpaired) electrons. The highest BCUT2D eigenvalue weighted by molar-refractivity contribution is 7.12. The Morgan fingerprint density at radius 3 is 2.62 bits per heavy atom. The molecule has 6 heteroatoms. The number of carbonyl (C=O) groups excluding carboxylic acids is 1. The first-order valence-electron chi connectivity index (χ1n) is 6.27. The standard InChI is InChI=1S/C15H15NO4S/c1-9-3-4-11(5-10(9)2)16-14(17)7-20-12-6-13(15(18)19)21-8-12/h3-6,8H,7H2,1-2H3,(H,16,17)(H,18,19). The second-order valence-corrected chi connectivity index (χ2v) is 5.50. The van der Waals surface area contributed by atoms with Gasteiger partial charge in [-0.3, -0.25) is 4.79 Å². The van der Waals surface area contributed by atoms with Crippen LogP contribution in [0.3, 0.4) is 0 Å². The van der Waals surface area contributed by atoms with Gasteiger partial charge in [-0.25, -0.2) is 4.79 Å². The summed E-state index contributed by atoms with van der Waals surface area (Å²) in [7, 11) is 0. The molecule has 2 aromatic rings. The first-order chi connectivity index (χ1) is 9.95. The van der Waals surface area contributed by atoms with Gasteiger partial charge < -0.3 is 15.2 Å². The number of hydrogen-bond acceptors (Lipinski definition) is 4. The van der Waals surface area contributed by atoms with E-state index >= 15 is 0 Å². The minimum absolute atomic E-state index is 0.164. The Balaban J connectivity index is 1.89. The molecule has 0 fully saturated rings. The zero-order valence-electron chi connectivity index (χ0n) is 11.7. The van der Waals surface area contributed by atoms with Crippen molar-refractivity contribution in [2.24, 2.45) is 0 Å². The predicted molar refractivity (Wildman–Crippen MR) is 81.3 cm³/mol. The van der Waals surface area contributed by atoms with E-state index in [1.807, 2.05) is 32.0 Å². The quantitative estimate of drug-likeness (QED) is 0.890. The van der Waals surface area contributed by atoms with Crippen LogP contribution in [0.5, 0.6) is 5.75 Å². The Kier molecular flexibility index (Phi) is 4.59. The molecule has 0 unspecified atom stereocenters. The van der Waals surface area contributed by atoms with Gasteiger partial charge in [-0.05, 0) is 37.1 Å². The van der Waals surface area contributed by atoms with Gasteiger partial charge in [0.15, 0.2) is 6.61 Å². The lowest BCUT2D eigenvalue weighted by Crippen LogP contribution is -2.20. The van der Waals surface area contributed by atoms with Crippen LogP contribution in [0.4, 0.5) is 5.69 Å². The summed E-state index contributed by atoms with van der Waals surface area (Å²) in [4.78, 5) is 22.7. The summed E-state index contributed by atoms with van der Waals surface area (Å²) >= 11 is 1.06. The number of ether oxygens (including phenoxy) is 1. The van der Waals surface area contributed by atoms with Gasteiger partial charge >= 0.3 is 5.97 Å². The number of thiophene rings is 1. The van der Waals surface area contributed by atoms with Gasteiger partial charge in [-0.15, -0.1) is 11.3 Å². The van der Waals surface area contributed by atoms with Crippen molar-refractivity contribution in [3.8, 4) is 5.75 Å². The third-order valence-electron chi connectivity index (χ3n) is 2.95. The van der Waals surface area contributed by atoms with E-state index in [0.29, 0.717) is 11.4 Å². The third-order valence-corrected chi connectivity index (χ3v) is 3.84. The van der Waals surface area contributed by atoms with Crippen LogP contribution in [0.2, 0.25) is 0 Å². The Bertz CT molecular complexity index is 678. The van der Waals surface area contributed by atoms with Crippen LogP contribution in [-0.2, 0) is 4.79 Å². The van der Waals surface area contributed by atoms with Crippen LogP contribution in [-0.4, -0.2) is 23.6 Å². The fourth-order valence-corrected chi connectivity index (χ4v) is 2.34. The number of nitrogens with one attached hydrogen (secondary N) is 1. The number of carbonyl (C=O) groups is 2. The van der Waals surface area contributed by atoms with E-state index in [0.717, 1.165) is 22.5 Å². The number of amides is 1. The van der Waals surface area contributed by atoms with Crippen molar-refractivity contribution in [3.05, 3.63) is 45.6 Å². The number of hydrogen-bond donors (Lipinski definition) is 2. The van der Waals surface area contributed by atoms with Crippen LogP contribution >= 0.6 is 11.3 Å². The largest absolute Gasteiger partial charge is 0.483 e. The van der Waals surface area contributed by atoms with Crippen molar-refractivity contribution in [2.45, 2.75) is 13.8 Å². The Hall–Kier alpha value is -2.34. The summed E-state index contributed by atoms with van der Waals surface area (Å²) < 4.78 is 5.26. The maximum absolute atomic E-state index is 11.8. The summed E-state index contributed by atoms with van der Waals surface area (Å²) in [6, 6.07) is 7.05. The SMILES string of the molecule is Cc1ccc(NC(=O)COc2csc(C(=O)O)c2)cc1C. The van der Waals surface area contributed by atoms with Gasteiger partial charge in [0.05, 0.1) is 0 Å². The predicted octanol–water partition coefficient (Wildman–Crippen LogP) is 3.08. The molecule has 0 saturated heterocycles. The zero-order valence-corrected chi connectivity index (χ0v) is 12.5. The first-order valence-corrected chi connectivity index (χ1v) is 7.15. The van der Waals surface area contributed by atoms with Crippen molar-refractivity contribution in [2.75, 3.05) is 11.9 Å². The highest BCUT2D eigenvalue weighted by atomic mass is 32.1. The molecule has 21 heavy (non-hydrogen) atoms. The van der Waals surface area contributed by atoms with E-state index < -0.39 is 5.97 Å². The molecular formula is C15H15NO4S. The Morgan fingerprint density at radius 2 is 2.00 bits per heavy atom. The maximum Gasteiger partial charge on any atom is 0.346 e. The molecule has 0 saturated carbocycles. The van der Waals surface area contributed by atoms with Crippen molar-refractivity contribution in [3.63, 3.8) is 0 Å². The zero-order chi connectivity index (χ0) is 15.4. The van der Waals surface area contributed by atoms with Crippen LogP contribution in [0.25, 0.3) is 0 Å². The van der Waals surface area contributed by atoms with Gasteiger partial charge in [0, 0.05) is 17.1 Å². The van der Waals surface area contributed by atoms with Crippen LogP contribution in [0, 0.1) is 13.8 Å². The summed E-state index contributed by atoms with van der Waals surface area (Å²) in [5.74, 6) is -0.914. The molecule has 5 nitrogen and oxygen atoms in total. The molecule has 0 aliphatic carbocycles. The van der Waals surface area contributed by atoms with Crippen LogP contribution in [0.15, 0.2) is 29.6 Å². The van der Waals surface area contributed by atoms with E-state index in [1.165, 1.54) is 6.07 Å². The lowest BCUT2D eigenvalue weighted by molar-refractivity contribution is -0.118. The number of carboxylic acid groups (broad SMARTS) is 1. The van der Waals surface area contributed by atoms with E-state index in [-0.39, 0.29) is 17.4 Å². The van der Waals surface area contributed by atoms with Gasteiger partial charge in [-0.2, -0.15) is 0 Å². The fraction of sp³-hybridized carbons (Fsp3) is 0.200. The number of carboxylic acids is 1. The number of aryl methyl sites for hydroxylation is 2. The van der Waals surface area contributed by atoms with Gasteiger partial charge in [0.1, 0.15) is 10.6 Å². The first kappa shape index (κ1) is 15.1. The number of anilines is 1. The van der Waals surface area contributed by atoms with E-state index in [2.05, 4.69) is 5.32 Å². The molecule has 0 atom stereocenters. The number of rotatable bonds is 5. The minimum atomic E-state index is -1.01. The van der Waals surface area contributed by atoms with Gasteiger partial charge in [0.2, 0.25) is 0 Å². The highest BCUT2D eigenvalue weighted by Crippen LogP contribution is 2.21. The molecule has 0 bridgehead atoms. The second-order valence-electron chi connectivity index (χ2n) is 4.59. The van der Waals surface area contributed by atoms with Gasteiger partial charge in [0.25, 0.3) is 5.91 Å². The molecule has 0 aliphatic rings. The average Bonchev–Trinajstić information content (AvgIpc) is 2.90. The molecule has 0 spiro atoms. The normalized spacial score (nSPS) is 10.2. The maximum atomic E-state index is 11.8. The van der Waals surface area contributed by atoms with E-state index in [9.17, 15) is 9.59 Å². The highest BCUT2D eigenvalue weighted by Gasteiger charge is 2.09. The number of aromatic carboxylic acids is 1. The average molecular weight is 305 g/mol.